The van der Waals surface area contributed by atoms with Gasteiger partial charge in [0.1, 0.15) is 0 Å². The van der Waals surface area contributed by atoms with Crippen LogP contribution in [-0.2, 0) is 11.2 Å². The van der Waals surface area contributed by atoms with Gasteiger partial charge in [0.2, 0.25) is 5.91 Å². The molecule has 3 nitrogen and oxygen atoms in total. The Kier molecular flexibility index (Phi) is 6.98. The van der Waals surface area contributed by atoms with Gasteiger partial charge in [-0.25, -0.2) is 0 Å². The molecule has 0 unspecified atom stereocenters. The molecule has 1 amide bonds. The fourth-order valence-electron chi connectivity index (χ4n) is 1.87. The summed E-state index contributed by atoms with van der Waals surface area (Å²) in [7, 11) is 0. The monoisotopic (exact) mass is 313 g/mol. The maximum absolute atomic E-state index is 11.8. The van der Waals surface area contributed by atoms with E-state index in [0.717, 1.165) is 17.3 Å². The number of halogens is 1. The molecule has 4 heteroatoms. The Balaban J connectivity index is 2.37. The van der Waals surface area contributed by atoms with Crippen LogP contribution in [0.15, 0.2) is 28.7 Å². The van der Waals surface area contributed by atoms with E-state index in [0.29, 0.717) is 19.5 Å². The molecule has 0 fully saturated rings. The molecule has 0 aliphatic rings. The van der Waals surface area contributed by atoms with Gasteiger partial charge < -0.3 is 10.0 Å². The number of aliphatic hydroxyl groups is 1. The van der Waals surface area contributed by atoms with Crippen LogP contribution in [0.1, 0.15) is 25.3 Å². The largest absolute Gasteiger partial charge is 0.395 e. The molecule has 0 aromatic heterocycles. The van der Waals surface area contributed by atoms with Crippen molar-refractivity contribution in [2.45, 2.75) is 26.2 Å². The standard InChI is InChI=1S/C14H20BrNO2/c1-2-16(10-11-17)14(18)9-5-7-12-6-3-4-8-13(12)15/h3-4,6,8,17H,2,5,7,9-11H2,1H3. The minimum atomic E-state index is 0.0316. The maximum atomic E-state index is 11.8. The van der Waals surface area contributed by atoms with Crippen molar-refractivity contribution < 1.29 is 9.90 Å². The van der Waals surface area contributed by atoms with Crippen molar-refractivity contribution in [3.05, 3.63) is 34.3 Å². The van der Waals surface area contributed by atoms with Crippen LogP contribution >= 0.6 is 15.9 Å². The third kappa shape index (κ3) is 4.78. The van der Waals surface area contributed by atoms with E-state index in [4.69, 9.17) is 5.11 Å². The number of likely N-dealkylation sites (N-methyl/N-ethyl adjacent to an activating group) is 1. The number of amides is 1. The van der Waals surface area contributed by atoms with Crippen molar-refractivity contribution in [1.29, 1.82) is 0 Å². The molecule has 1 aromatic rings. The van der Waals surface area contributed by atoms with Crippen LogP contribution in [0.4, 0.5) is 0 Å². The van der Waals surface area contributed by atoms with Gasteiger partial charge in [-0.3, -0.25) is 4.79 Å². The van der Waals surface area contributed by atoms with Crippen molar-refractivity contribution in [1.82, 2.24) is 4.90 Å². The lowest BCUT2D eigenvalue weighted by molar-refractivity contribution is -0.131. The summed E-state index contributed by atoms with van der Waals surface area (Å²) in [6.45, 7) is 3.06. The second kappa shape index (κ2) is 8.27. The Hall–Kier alpha value is -0.870. The number of aryl methyl sites for hydroxylation is 1. The smallest absolute Gasteiger partial charge is 0.222 e. The SMILES string of the molecule is CCN(CCO)C(=O)CCCc1ccccc1Br. The van der Waals surface area contributed by atoms with Crippen LogP contribution in [-0.4, -0.2) is 35.6 Å². The molecule has 0 heterocycles. The molecule has 0 bridgehead atoms. The zero-order valence-corrected chi connectivity index (χ0v) is 12.3. The van der Waals surface area contributed by atoms with Crippen molar-refractivity contribution in [3.8, 4) is 0 Å². The molecule has 0 aliphatic carbocycles. The van der Waals surface area contributed by atoms with E-state index in [2.05, 4.69) is 22.0 Å². The predicted octanol–water partition coefficient (Wildman–Crippen LogP) is 2.61. The summed E-state index contributed by atoms with van der Waals surface area (Å²) >= 11 is 3.50. The molecule has 18 heavy (non-hydrogen) atoms. The molecule has 0 saturated heterocycles. The molecule has 100 valence electrons. The number of nitrogens with zero attached hydrogens (tertiary/aromatic N) is 1. The number of aliphatic hydroxyl groups excluding tert-OH is 1. The first-order valence-corrected chi connectivity index (χ1v) is 7.10. The fourth-order valence-corrected chi connectivity index (χ4v) is 2.35. The minimum absolute atomic E-state index is 0.0316. The van der Waals surface area contributed by atoms with E-state index in [-0.39, 0.29) is 12.5 Å². The molecular formula is C14H20BrNO2. The van der Waals surface area contributed by atoms with Crippen LogP contribution in [0.3, 0.4) is 0 Å². The lowest BCUT2D eigenvalue weighted by Gasteiger charge is -2.19. The Morgan fingerprint density at radius 1 is 1.39 bits per heavy atom. The first-order valence-electron chi connectivity index (χ1n) is 6.31. The molecule has 0 saturated carbocycles. The molecular weight excluding hydrogens is 294 g/mol. The van der Waals surface area contributed by atoms with Crippen molar-refractivity contribution in [2.75, 3.05) is 19.7 Å². The lowest BCUT2D eigenvalue weighted by atomic mass is 10.1. The molecule has 1 N–H and O–H groups in total. The zero-order chi connectivity index (χ0) is 13.4. The Bertz CT molecular complexity index is 382. The van der Waals surface area contributed by atoms with Crippen LogP contribution in [0.2, 0.25) is 0 Å². The summed E-state index contributed by atoms with van der Waals surface area (Å²) in [5, 5.41) is 8.86. The number of hydrogen-bond donors (Lipinski definition) is 1. The second-order valence-electron chi connectivity index (χ2n) is 4.14. The average molecular weight is 314 g/mol. The van der Waals surface area contributed by atoms with Gasteiger partial charge >= 0.3 is 0 Å². The molecule has 0 aliphatic heterocycles. The normalized spacial score (nSPS) is 10.4. The fraction of sp³-hybridized carbons (Fsp3) is 0.500. The van der Waals surface area contributed by atoms with Crippen LogP contribution in [0, 0.1) is 0 Å². The number of benzene rings is 1. The highest BCUT2D eigenvalue weighted by Gasteiger charge is 2.10. The number of carbonyl (C=O) groups excluding carboxylic acids is 1. The third-order valence-corrected chi connectivity index (χ3v) is 3.67. The van der Waals surface area contributed by atoms with Crippen molar-refractivity contribution in [2.24, 2.45) is 0 Å². The Labute approximate surface area is 117 Å². The highest BCUT2D eigenvalue weighted by atomic mass is 79.9. The van der Waals surface area contributed by atoms with Crippen LogP contribution in [0.5, 0.6) is 0 Å². The second-order valence-corrected chi connectivity index (χ2v) is 5.00. The van der Waals surface area contributed by atoms with E-state index >= 15 is 0 Å². The molecule has 0 atom stereocenters. The van der Waals surface area contributed by atoms with Gasteiger partial charge in [-0.1, -0.05) is 34.1 Å². The van der Waals surface area contributed by atoms with Gasteiger partial charge in [0, 0.05) is 24.0 Å². The van der Waals surface area contributed by atoms with Gasteiger partial charge in [0.15, 0.2) is 0 Å². The van der Waals surface area contributed by atoms with E-state index in [9.17, 15) is 4.79 Å². The van der Waals surface area contributed by atoms with Crippen molar-refractivity contribution >= 4 is 21.8 Å². The molecule has 0 spiro atoms. The quantitative estimate of drug-likeness (QED) is 0.840. The van der Waals surface area contributed by atoms with E-state index in [1.54, 1.807) is 4.90 Å². The molecule has 0 radical (unpaired) electrons. The summed E-state index contributed by atoms with van der Waals surface area (Å²) in [4.78, 5) is 13.5. The number of rotatable bonds is 7. The molecule has 1 aromatic carbocycles. The van der Waals surface area contributed by atoms with Gasteiger partial charge in [-0.15, -0.1) is 0 Å². The van der Waals surface area contributed by atoms with Crippen LogP contribution in [0.25, 0.3) is 0 Å². The zero-order valence-electron chi connectivity index (χ0n) is 10.7. The number of hydrogen-bond acceptors (Lipinski definition) is 2. The summed E-state index contributed by atoms with van der Waals surface area (Å²) in [6.07, 6.45) is 2.27. The van der Waals surface area contributed by atoms with Crippen LogP contribution < -0.4 is 0 Å². The lowest BCUT2D eigenvalue weighted by Crippen LogP contribution is -2.33. The third-order valence-electron chi connectivity index (χ3n) is 2.90. The van der Waals surface area contributed by atoms with Gasteiger partial charge in [-0.05, 0) is 31.4 Å². The first-order chi connectivity index (χ1) is 8.69. The molecule has 1 rings (SSSR count). The van der Waals surface area contributed by atoms with Gasteiger partial charge in [0.05, 0.1) is 6.61 Å². The number of carbonyl (C=O) groups is 1. The van der Waals surface area contributed by atoms with Gasteiger partial charge in [0.25, 0.3) is 0 Å². The van der Waals surface area contributed by atoms with Crippen molar-refractivity contribution in [3.63, 3.8) is 0 Å². The average Bonchev–Trinajstić information content (AvgIpc) is 2.38. The van der Waals surface area contributed by atoms with Gasteiger partial charge in [-0.2, -0.15) is 0 Å². The summed E-state index contributed by atoms with van der Waals surface area (Å²) in [6, 6.07) is 8.08. The predicted molar refractivity (Wildman–Crippen MR) is 76.4 cm³/mol. The van der Waals surface area contributed by atoms with E-state index in [1.165, 1.54) is 5.56 Å². The first kappa shape index (κ1) is 15.2. The summed E-state index contributed by atoms with van der Waals surface area (Å²) in [5.74, 6) is 0.124. The minimum Gasteiger partial charge on any atom is -0.395 e. The van der Waals surface area contributed by atoms with E-state index in [1.807, 2.05) is 25.1 Å². The highest BCUT2D eigenvalue weighted by Crippen LogP contribution is 2.18. The Morgan fingerprint density at radius 3 is 2.72 bits per heavy atom. The van der Waals surface area contributed by atoms with E-state index < -0.39 is 0 Å². The highest BCUT2D eigenvalue weighted by molar-refractivity contribution is 9.10. The summed E-state index contributed by atoms with van der Waals surface area (Å²) in [5.41, 5.74) is 1.23. The topological polar surface area (TPSA) is 40.5 Å². The summed E-state index contributed by atoms with van der Waals surface area (Å²) < 4.78 is 1.10. The Morgan fingerprint density at radius 2 is 2.11 bits per heavy atom. The maximum Gasteiger partial charge on any atom is 0.222 e.